The number of esters is 1. The summed E-state index contributed by atoms with van der Waals surface area (Å²) in [6.45, 7) is -4.09. The maximum Gasteiger partial charge on any atom is 0.422 e. The van der Waals surface area contributed by atoms with Gasteiger partial charge in [-0.2, -0.15) is 34.8 Å². The van der Waals surface area contributed by atoms with E-state index in [0.717, 1.165) is 11.6 Å². The van der Waals surface area contributed by atoms with Gasteiger partial charge in [0.1, 0.15) is 38.5 Å². The third-order valence-electron chi connectivity index (χ3n) is 5.08. The molecule has 0 bridgehead atoms. The SMILES string of the molecule is O=C(CS(=O)(=NS(=O)(=O)c1cc(OCC(F)(F)F)ccc1OCC(F)(F)F)c1ccccc1)OC/C=C/c1ccccc1. The maximum absolute atomic E-state index is 13.9. The number of hydrogen-bond donors (Lipinski definition) is 0. The predicted octanol–water partition coefficient (Wildman–Crippen LogP) is 6.04. The Bertz CT molecular complexity index is 1650. The van der Waals surface area contributed by atoms with Crippen LogP contribution in [0.1, 0.15) is 5.56 Å². The highest BCUT2D eigenvalue weighted by molar-refractivity contribution is 8.03. The number of nitrogens with zero attached hydrogens (tertiary/aromatic N) is 1. The molecule has 232 valence electrons. The summed E-state index contributed by atoms with van der Waals surface area (Å²) in [4.78, 5) is 11.2. The first-order valence-corrected chi connectivity index (χ1v) is 15.2. The van der Waals surface area contributed by atoms with E-state index in [4.69, 9.17) is 4.74 Å². The Kier molecular flexibility index (Phi) is 10.9. The number of halogens is 6. The summed E-state index contributed by atoms with van der Waals surface area (Å²) >= 11 is 0. The highest BCUT2D eigenvalue weighted by atomic mass is 32.3. The number of alkyl halides is 6. The Morgan fingerprint density at radius 3 is 1.98 bits per heavy atom. The lowest BCUT2D eigenvalue weighted by Gasteiger charge is -2.15. The van der Waals surface area contributed by atoms with Crippen molar-refractivity contribution in [3.63, 3.8) is 0 Å². The molecule has 8 nitrogen and oxygen atoms in total. The number of benzene rings is 3. The zero-order valence-corrected chi connectivity index (χ0v) is 23.5. The van der Waals surface area contributed by atoms with Crippen LogP contribution in [0.15, 0.2) is 98.5 Å². The van der Waals surface area contributed by atoms with Crippen LogP contribution in [0.25, 0.3) is 6.08 Å². The van der Waals surface area contributed by atoms with Crippen LogP contribution in [-0.4, -0.2) is 56.5 Å². The number of carbonyl (C=O) groups excluding carboxylic acids is 1. The van der Waals surface area contributed by atoms with Gasteiger partial charge in [-0.3, -0.25) is 4.79 Å². The molecule has 1 unspecified atom stereocenters. The van der Waals surface area contributed by atoms with Gasteiger partial charge < -0.3 is 14.2 Å². The van der Waals surface area contributed by atoms with Crippen molar-refractivity contribution in [3.05, 3.63) is 90.5 Å². The van der Waals surface area contributed by atoms with Crippen molar-refractivity contribution in [3.8, 4) is 11.5 Å². The molecule has 0 spiro atoms. The van der Waals surface area contributed by atoms with Gasteiger partial charge in [-0.25, -0.2) is 4.21 Å². The molecule has 3 aromatic rings. The summed E-state index contributed by atoms with van der Waals surface area (Å²) in [7, 11) is -9.50. The van der Waals surface area contributed by atoms with Crippen molar-refractivity contribution in [2.75, 3.05) is 25.6 Å². The quantitative estimate of drug-likeness (QED) is 0.174. The van der Waals surface area contributed by atoms with Crippen molar-refractivity contribution in [1.82, 2.24) is 0 Å². The van der Waals surface area contributed by atoms with Gasteiger partial charge in [0, 0.05) is 11.0 Å². The van der Waals surface area contributed by atoms with Crippen molar-refractivity contribution >= 4 is 31.8 Å². The molecule has 0 fully saturated rings. The van der Waals surface area contributed by atoms with E-state index in [0.29, 0.717) is 12.1 Å². The van der Waals surface area contributed by atoms with Gasteiger partial charge in [-0.1, -0.05) is 54.6 Å². The fourth-order valence-electron chi connectivity index (χ4n) is 3.30. The number of carbonyl (C=O) groups is 1. The van der Waals surface area contributed by atoms with Crippen LogP contribution >= 0.6 is 0 Å². The summed E-state index contributed by atoms with van der Waals surface area (Å²) in [5, 5.41) is 0. The lowest BCUT2D eigenvalue weighted by Crippen LogP contribution is -2.22. The first-order chi connectivity index (χ1) is 20.1. The molecule has 0 aliphatic heterocycles. The molecule has 0 radical (unpaired) electrons. The summed E-state index contributed by atoms with van der Waals surface area (Å²) < 4.78 is 135. The largest absolute Gasteiger partial charge is 0.484 e. The van der Waals surface area contributed by atoms with E-state index < -0.39 is 73.4 Å². The van der Waals surface area contributed by atoms with Crippen LogP contribution in [0.2, 0.25) is 0 Å². The van der Waals surface area contributed by atoms with E-state index >= 15 is 0 Å². The molecule has 43 heavy (non-hydrogen) atoms. The molecule has 1 atom stereocenters. The van der Waals surface area contributed by atoms with Crippen LogP contribution in [-0.2, 0) is 29.3 Å². The highest BCUT2D eigenvalue weighted by Gasteiger charge is 2.33. The fourth-order valence-corrected chi connectivity index (χ4v) is 7.24. The standard InChI is InChI=1S/C27H23F6NO7S2/c28-26(29,30)18-40-21-13-14-23(41-19-27(31,32)33)24(16-21)43(37,38)34-42(36,22-11-5-2-6-12-22)17-25(35)39-15-7-10-20-8-3-1-4-9-20/h1-14,16H,15,17-19H2/b10-7+. The van der Waals surface area contributed by atoms with Crippen LogP contribution in [0.5, 0.6) is 11.5 Å². The third-order valence-corrected chi connectivity index (χ3v) is 9.34. The third kappa shape index (κ3) is 10.9. The Labute approximate surface area is 243 Å². The van der Waals surface area contributed by atoms with Gasteiger partial charge in [0.15, 0.2) is 13.2 Å². The van der Waals surface area contributed by atoms with Gasteiger partial charge in [-0.05, 0) is 35.9 Å². The number of ether oxygens (including phenoxy) is 3. The Morgan fingerprint density at radius 1 is 0.791 bits per heavy atom. The Balaban J connectivity index is 1.99. The molecule has 3 aromatic carbocycles. The van der Waals surface area contributed by atoms with E-state index in [1.54, 1.807) is 36.4 Å². The summed E-state index contributed by atoms with van der Waals surface area (Å²) in [6.07, 6.45) is -6.64. The molecule has 0 aliphatic carbocycles. The molecule has 0 heterocycles. The van der Waals surface area contributed by atoms with E-state index in [1.165, 1.54) is 36.4 Å². The first kappa shape index (κ1) is 33.5. The van der Waals surface area contributed by atoms with Crippen LogP contribution < -0.4 is 9.47 Å². The maximum atomic E-state index is 13.9. The van der Waals surface area contributed by atoms with Gasteiger partial charge in [0.05, 0.1) is 0 Å². The highest BCUT2D eigenvalue weighted by Crippen LogP contribution is 2.33. The Morgan fingerprint density at radius 2 is 1.37 bits per heavy atom. The number of hydrogen-bond acceptors (Lipinski definition) is 7. The minimum absolute atomic E-state index is 0.238. The number of rotatable bonds is 12. The topological polar surface area (TPSA) is 108 Å². The second-order valence-electron chi connectivity index (χ2n) is 8.56. The zero-order valence-electron chi connectivity index (χ0n) is 21.9. The second-order valence-corrected chi connectivity index (χ2v) is 12.6. The van der Waals surface area contributed by atoms with Gasteiger partial charge in [0.25, 0.3) is 10.0 Å². The summed E-state index contributed by atoms with van der Waals surface area (Å²) in [6, 6.07) is 17.4. The van der Waals surface area contributed by atoms with Crippen molar-refractivity contribution in [2.24, 2.45) is 3.77 Å². The first-order valence-electron chi connectivity index (χ1n) is 12.0. The lowest BCUT2D eigenvalue weighted by molar-refractivity contribution is -0.154. The van der Waals surface area contributed by atoms with Crippen LogP contribution in [0.4, 0.5) is 26.3 Å². The Hall–Kier alpha value is -4.05. The number of sulfonamides is 1. The molecule has 3 rings (SSSR count). The van der Waals surface area contributed by atoms with Crippen LogP contribution in [0, 0.1) is 0 Å². The second kappa shape index (κ2) is 13.9. The molecule has 0 saturated heterocycles. The normalized spacial score (nSPS) is 13.7. The van der Waals surface area contributed by atoms with E-state index in [-0.39, 0.29) is 11.5 Å². The van der Waals surface area contributed by atoms with E-state index in [1.807, 2.05) is 0 Å². The van der Waals surface area contributed by atoms with Gasteiger partial charge >= 0.3 is 18.3 Å². The lowest BCUT2D eigenvalue weighted by atomic mass is 10.2. The van der Waals surface area contributed by atoms with E-state index in [9.17, 15) is 43.8 Å². The van der Waals surface area contributed by atoms with Crippen molar-refractivity contribution in [2.45, 2.75) is 22.1 Å². The smallest absolute Gasteiger partial charge is 0.422 e. The molecule has 0 amide bonds. The summed E-state index contributed by atoms with van der Waals surface area (Å²) in [5.74, 6) is -3.87. The molecule has 16 heteroatoms. The molecule has 0 N–H and O–H groups in total. The summed E-state index contributed by atoms with van der Waals surface area (Å²) in [5.41, 5.74) is 0.790. The zero-order chi connectivity index (χ0) is 31.7. The minimum Gasteiger partial charge on any atom is -0.484 e. The van der Waals surface area contributed by atoms with Crippen molar-refractivity contribution in [1.29, 1.82) is 0 Å². The molecular formula is C27H23F6NO7S2. The molecule has 0 saturated carbocycles. The minimum atomic E-state index is -5.27. The average Bonchev–Trinajstić information content (AvgIpc) is 2.93. The molecular weight excluding hydrogens is 628 g/mol. The van der Waals surface area contributed by atoms with Gasteiger partial charge in [-0.15, -0.1) is 3.77 Å². The molecule has 0 aliphatic rings. The predicted molar refractivity (Wildman–Crippen MR) is 143 cm³/mol. The monoisotopic (exact) mass is 651 g/mol. The van der Waals surface area contributed by atoms with Crippen molar-refractivity contribution < 1.29 is 58.0 Å². The molecule has 0 aromatic heterocycles. The average molecular weight is 652 g/mol. The van der Waals surface area contributed by atoms with Crippen LogP contribution in [0.3, 0.4) is 0 Å². The van der Waals surface area contributed by atoms with E-state index in [2.05, 4.69) is 13.2 Å². The van der Waals surface area contributed by atoms with Gasteiger partial charge in [0.2, 0.25) is 0 Å². The fraction of sp³-hybridized carbons (Fsp3) is 0.222.